The smallest absolute Gasteiger partial charge is 0.244 e. The molecule has 0 unspecified atom stereocenters. The van der Waals surface area contributed by atoms with Crippen molar-refractivity contribution in [3.05, 3.63) is 63.9 Å². The van der Waals surface area contributed by atoms with Gasteiger partial charge in [0.15, 0.2) is 0 Å². The maximum atomic E-state index is 14.4. The highest BCUT2D eigenvalue weighted by Gasteiger charge is 2.32. The number of hydrogen-bond donors (Lipinski definition) is 1. The van der Waals surface area contributed by atoms with Gasteiger partial charge in [0.05, 0.1) is 11.9 Å². The number of anilines is 1. The summed E-state index contributed by atoms with van der Waals surface area (Å²) in [5.74, 6) is -1.96. The molecule has 0 fully saturated rings. The lowest BCUT2D eigenvalue weighted by atomic mass is 10.1. The Morgan fingerprint density at radius 3 is 2.18 bits per heavy atom. The first-order chi connectivity index (χ1) is 15.9. The van der Waals surface area contributed by atoms with Crippen LogP contribution in [0.3, 0.4) is 0 Å². The molecule has 0 aromatic heterocycles. The van der Waals surface area contributed by atoms with Crippen LogP contribution in [0.2, 0.25) is 10.0 Å². The summed E-state index contributed by atoms with van der Waals surface area (Å²) in [7, 11) is -4.03. The SMILES string of the molecule is CC[C@@H](C)NC(=O)[C@H](C)N(Cc1c(Cl)cccc1Cl)C(=O)CN(c1ccccc1F)S(C)(=O)=O. The van der Waals surface area contributed by atoms with Crippen molar-refractivity contribution in [2.75, 3.05) is 17.1 Å². The first-order valence-electron chi connectivity index (χ1n) is 10.6. The summed E-state index contributed by atoms with van der Waals surface area (Å²) in [6.07, 6.45) is 1.55. The lowest BCUT2D eigenvalue weighted by molar-refractivity contribution is -0.139. The second-order valence-corrected chi connectivity index (χ2v) is 10.7. The molecule has 0 aliphatic carbocycles. The van der Waals surface area contributed by atoms with Crippen LogP contribution in [0.1, 0.15) is 32.8 Å². The van der Waals surface area contributed by atoms with Crippen LogP contribution in [0.4, 0.5) is 10.1 Å². The van der Waals surface area contributed by atoms with Crippen molar-refractivity contribution < 1.29 is 22.4 Å². The quantitative estimate of drug-likeness (QED) is 0.496. The molecule has 0 saturated heterocycles. The monoisotopic (exact) mass is 531 g/mol. The predicted octanol–water partition coefficient (Wildman–Crippen LogP) is 4.23. The first kappa shape index (κ1) is 27.9. The molecule has 1 N–H and O–H groups in total. The summed E-state index contributed by atoms with van der Waals surface area (Å²) in [5, 5.41) is 3.39. The van der Waals surface area contributed by atoms with Gasteiger partial charge in [0.1, 0.15) is 18.4 Å². The van der Waals surface area contributed by atoms with Crippen molar-refractivity contribution in [1.82, 2.24) is 10.2 Å². The molecular weight excluding hydrogens is 504 g/mol. The Morgan fingerprint density at radius 2 is 1.65 bits per heavy atom. The van der Waals surface area contributed by atoms with E-state index >= 15 is 0 Å². The number of rotatable bonds is 10. The fourth-order valence-electron chi connectivity index (χ4n) is 3.15. The number of amides is 2. The molecule has 0 spiro atoms. The van der Waals surface area contributed by atoms with Crippen LogP contribution in [-0.4, -0.2) is 50.0 Å². The number of nitrogens with one attached hydrogen (secondary N) is 1. The number of hydrogen-bond acceptors (Lipinski definition) is 4. The minimum Gasteiger partial charge on any atom is -0.352 e. The molecule has 0 heterocycles. The number of nitrogens with zero attached hydrogens (tertiary/aromatic N) is 2. The molecule has 11 heteroatoms. The molecule has 0 aliphatic rings. The van der Waals surface area contributed by atoms with Crippen molar-refractivity contribution in [3.8, 4) is 0 Å². The van der Waals surface area contributed by atoms with Gasteiger partial charge in [-0.05, 0) is 44.5 Å². The molecule has 2 rings (SSSR count). The van der Waals surface area contributed by atoms with Gasteiger partial charge in [-0.25, -0.2) is 12.8 Å². The van der Waals surface area contributed by atoms with E-state index in [1.165, 1.54) is 30.0 Å². The largest absolute Gasteiger partial charge is 0.352 e. The van der Waals surface area contributed by atoms with Gasteiger partial charge in [-0.15, -0.1) is 0 Å². The van der Waals surface area contributed by atoms with E-state index in [2.05, 4.69) is 5.32 Å². The molecule has 2 amide bonds. The molecule has 2 aromatic rings. The highest BCUT2D eigenvalue weighted by molar-refractivity contribution is 7.92. The van der Waals surface area contributed by atoms with E-state index in [1.807, 2.05) is 13.8 Å². The molecule has 0 bridgehead atoms. The second-order valence-electron chi connectivity index (χ2n) is 7.94. The lowest BCUT2D eigenvalue weighted by Crippen LogP contribution is -2.52. The standard InChI is InChI=1S/C23H28Cl2FN3O4S/c1-5-15(2)27-23(31)16(3)28(13-17-18(24)9-8-10-19(17)25)22(30)14-29(34(4,32)33)21-12-7-6-11-20(21)26/h6-12,15-16H,5,13-14H2,1-4H3,(H,27,31)/t15-,16+/m1/s1. The molecule has 2 atom stereocenters. The van der Waals surface area contributed by atoms with E-state index < -0.39 is 40.2 Å². The predicted molar refractivity (Wildman–Crippen MR) is 133 cm³/mol. The summed E-state index contributed by atoms with van der Waals surface area (Å²) >= 11 is 12.6. The Labute approximate surface area is 209 Å². The third kappa shape index (κ3) is 7.07. The number of para-hydroxylation sites is 1. The summed E-state index contributed by atoms with van der Waals surface area (Å²) < 4.78 is 40.0. The maximum absolute atomic E-state index is 14.4. The molecule has 2 aromatic carbocycles. The number of benzene rings is 2. The minimum absolute atomic E-state index is 0.137. The van der Waals surface area contributed by atoms with Crippen LogP contribution in [0.5, 0.6) is 0 Å². The Morgan fingerprint density at radius 1 is 1.06 bits per heavy atom. The van der Waals surface area contributed by atoms with Crippen LogP contribution >= 0.6 is 23.2 Å². The zero-order valence-electron chi connectivity index (χ0n) is 19.4. The summed E-state index contributed by atoms with van der Waals surface area (Å²) in [6, 6.07) is 8.94. The molecule has 0 radical (unpaired) electrons. The number of carbonyl (C=O) groups excluding carboxylic acids is 2. The number of sulfonamides is 1. The fourth-order valence-corrected chi connectivity index (χ4v) is 4.52. The average molecular weight is 532 g/mol. The zero-order chi connectivity index (χ0) is 25.6. The van der Waals surface area contributed by atoms with Gasteiger partial charge in [0.2, 0.25) is 21.8 Å². The van der Waals surface area contributed by atoms with Crippen LogP contribution in [0, 0.1) is 5.82 Å². The van der Waals surface area contributed by atoms with Crippen LogP contribution in [-0.2, 0) is 26.2 Å². The van der Waals surface area contributed by atoms with Crippen LogP contribution < -0.4 is 9.62 Å². The summed E-state index contributed by atoms with van der Waals surface area (Å²) in [4.78, 5) is 27.5. The minimum atomic E-state index is -4.03. The van der Waals surface area contributed by atoms with Gasteiger partial charge in [-0.1, -0.05) is 48.3 Å². The molecule has 7 nitrogen and oxygen atoms in total. The van der Waals surface area contributed by atoms with Crippen molar-refractivity contribution in [1.29, 1.82) is 0 Å². The third-order valence-corrected chi connectivity index (χ3v) is 7.19. The topological polar surface area (TPSA) is 86.8 Å². The average Bonchev–Trinajstić information content (AvgIpc) is 2.76. The van der Waals surface area contributed by atoms with Gasteiger partial charge < -0.3 is 10.2 Å². The van der Waals surface area contributed by atoms with E-state index in [9.17, 15) is 22.4 Å². The van der Waals surface area contributed by atoms with E-state index in [0.29, 0.717) is 16.3 Å². The van der Waals surface area contributed by atoms with Gasteiger partial charge in [-0.2, -0.15) is 0 Å². The van der Waals surface area contributed by atoms with E-state index in [0.717, 1.165) is 12.3 Å². The number of halogens is 3. The van der Waals surface area contributed by atoms with Crippen LogP contribution in [0.15, 0.2) is 42.5 Å². The van der Waals surface area contributed by atoms with E-state index in [-0.39, 0.29) is 28.3 Å². The Balaban J connectivity index is 2.46. The van der Waals surface area contributed by atoms with Crippen molar-refractivity contribution in [2.24, 2.45) is 0 Å². The Kier molecular flexibility index (Phi) is 9.73. The zero-order valence-corrected chi connectivity index (χ0v) is 21.7. The maximum Gasteiger partial charge on any atom is 0.244 e. The van der Waals surface area contributed by atoms with E-state index in [1.54, 1.807) is 18.2 Å². The third-order valence-electron chi connectivity index (χ3n) is 5.36. The fraction of sp³-hybridized carbons (Fsp3) is 0.391. The Bertz CT molecular complexity index is 1130. The summed E-state index contributed by atoms with van der Waals surface area (Å²) in [5.41, 5.74) is 0.130. The van der Waals surface area contributed by atoms with Gasteiger partial charge in [-0.3, -0.25) is 13.9 Å². The normalized spacial score (nSPS) is 13.1. The highest BCUT2D eigenvalue weighted by atomic mass is 35.5. The molecule has 0 saturated carbocycles. The lowest BCUT2D eigenvalue weighted by Gasteiger charge is -2.32. The number of carbonyl (C=O) groups is 2. The van der Waals surface area contributed by atoms with Crippen molar-refractivity contribution >= 4 is 50.7 Å². The molecule has 186 valence electrons. The molecular formula is C23H28Cl2FN3O4S. The van der Waals surface area contributed by atoms with Crippen molar-refractivity contribution in [3.63, 3.8) is 0 Å². The first-order valence-corrected chi connectivity index (χ1v) is 13.2. The van der Waals surface area contributed by atoms with Gasteiger partial charge in [0, 0.05) is 28.2 Å². The summed E-state index contributed by atoms with van der Waals surface area (Å²) in [6.45, 7) is 4.38. The Hall–Kier alpha value is -2.36. The van der Waals surface area contributed by atoms with Gasteiger partial charge in [0.25, 0.3) is 0 Å². The second kappa shape index (κ2) is 11.9. The van der Waals surface area contributed by atoms with Gasteiger partial charge >= 0.3 is 0 Å². The van der Waals surface area contributed by atoms with Crippen molar-refractivity contribution in [2.45, 2.75) is 45.8 Å². The molecule has 34 heavy (non-hydrogen) atoms. The highest BCUT2D eigenvalue weighted by Crippen LogP contribution is 2.27. The van der Waals surface area contributed by atoms with Crippen LogP contribution in [0.25, 0.3) is 0 Å². The van der Waals surface area contributed by atoms with E-state index in [4.69, 9.17) is 23.2 Å². The molecule has 0 aliphatic heterocycles.